The van der Waals surface area contributed by atoms with Crippen molar-refractivity contribution in [3.05, 3.63) is 12.2 Å². The third-order valence-electron chi connectivity index (χ3n) is 7.17. The van der Waals surface area contributed by atoms with Crippen molar-refractivity contribution in [2.75, 3.05) is 26.4 Å². The molecule has 3 N–H and O–H groups in total. The molecule has 0 heterocycles. The molecule has 0 amide bonds. The number of aliphatic hydroxyl groups excluding tert-OH is 2. The highest BCUT2D eigenvalue weighted by atomic mass is 31.2. The van der Waals surface area contributed by atoms with Gasteiger partial charge < -0.3 is 24.6 Å². The molecule has 0 aromatic carbocycles. The summed E-state index contributed by atoms with van der Waals surface area (Å²) in [6.45, 7) is 2.29. The van der Waals surface area contributed by atoms with Gasteiger partial charge in [-0.15, -0.1) is 0 Å². The number of hydrogen-bond donors (Lipinski definition) is 3. The molecule has 1 unspecified atom stereocenters. The smallest absolute Gasteiger partial charge is 0.462 e. The van der Waals surface area contributed by atoms with Gasteiger partial charge in [0.1, 0.15) is 12.7 Å². The van der Waals surface area contributed by atoms with Gasteiger partial charge in [-0.25, -0.2) is 4.57 Å². The number of ether oxygens (including phenoxy) is 2. The van der Waals surface area contributed by atoms with Gasteiger partial charge in [-0.3, -0.25) is 18.6 Å². The van der Waals surface area contributed by atoms with Crippen molar-refractivity contribution in [1.29, 1.82) is 0 Å². The van der Waals surface area contributed by atoms with Crippen LogP contribution >= 0.6 is 7.82 Å². The highest BCUT2D eigenvalue weighted by Crippen LogP contribution is 2.43. The molecule has 0 aliphatic heterocycles. The van der Waals surface area contributed by atoms with Crippen LogP contribution in [0.2, 0.25) is 0 Å². The molecule has 0 bridgehead atoms. The lowest BCUT2D eigenvalue weighted by Crippen LogP contribution is -2.29. The Balaban J connectivity index is 4.44. The first-order chi connectivity index (χ1) is 21.2. The van der Waals surface area contributed by atoms with Crippen molar-refractivity contribution in [1.82, 2.24) is 0 Å². The maximum atomic E-state index is 12.5. The zero-order valence-electron chi connectivity index (χ0n) is 27.6. The molecule has 10 nitrogen and oxygen atoms in total. The number of phosphoric ester groups is 1. The molecule has 260 valence electrons. The van der Waals surface area contributed by atoms with Gasteiger partial charge in [-0.2, -0.15) is 0 Å². The summed E-state index contributed by atoms with van der Waals surface area (Å²) < 4.78 is 32.4. The number of carbonyl (C=O) groups is 2. The van der Waals surface area contributed by atoms with Crippen LogP contribution in [0.15, 0.2) is 12.2 Å². The predicted molar refractivity (Wildman–Crippen MR) is 173 cm³/mol. The van der Waals surface area contributed by atoms with Gasteiger partial charge in [0.15, 0.2) is 6.10 Å². The van der Waals surface area contributed by atoms with E-state index in [-0.39, 0.29) is 19.4 Å². The van der Waals surface area contributed by atoms with Crippen LogP contribution < -0.4 is 0 Å². The van der Waals surface area contributed by atoms with Crippen molar-refractivity contribution in [3.63, 3.8) is 0 Å². The predicted octanol–water partition coefficient (Wildman–Crippen LogP) is 7.72. The van der Waals surface area contributed by atoms with Crippen molar-refractivity contribution < 1.29 is 47.8 Å². The van der Waals surface area contributed by atoms with E-state index in [4.69, 9.17) is 19.1 Å². The summed E-state index contributed by atoms with van der Waals surface area (Å²) in [4.78, 5) is 34.6. The summed E-state index contributed by atoms with van der Waals surface area (Å²) in [5, 5.41) is 18.2. The van der Waals surface area contributed by atoms with Crippen LogP contribution in [0.1, 0.15) is 149 Å². The van der Waals surface area contributed by atoms with Gasteiger partial charge in [-0.1, -0.05) is 109 Å². The number of carbonyl (C=O) groups excluding carboxylic acids is 2. The van der Waals surface area contributed by atoms with Crippen molar-refractivity contribution in [2.45, 2.75) is 161 Å². The fraction of sp³-hybridized carbons (Fsp3) is 0.879. The van der Waals surface area contributed by atoms with Gasteiger partial charge >= 0.3 is 19.8 Å². The van der Waals surface area contributed by atoms with E-state index in [1.54, 1.807) is 0 Å². The van der Waals surface area contributed by atoms with Crippen molar-refractivity contribution in [2.24, 2.45) is 0 Å². The Bertz CT molecular complexity index is 761. The normalized spacial score (nSPS) is 14.4. The highest BCUT2D eigenvalue weighted by Gasteiger charge is 2.27. The molecule has 0 aliphatic rings. The Morgan fingerprint density at radius 2 is 1.11 bits per heavy atom. The van der Waals surface area contributed by atoms with E-state index in [0.29, 0.717) is 12.8 Å². The lowest BCUT2D eigenvalue weighted by molar-refractivity contribution is -0.161. The Morgan fingerprint density at radius 1 is 0.659 bits per heavy atom. The number of rotatable bonds is 32. The lowest BCUT2D eigenvalue weighted by atomic mass is 10.1. The summed E-state index contributed by atoms with van der Waals surface area (Å²) in [5.41, 5.74) is 0. The molecule has 0 saturated carbocycles. The summed E-state index contributed by atoms with van der Waals surface area (Å²) in [5.74, 6) is -0.947. The van der Waals surface area contributed by atoms with Gasteiger partial charge in [0.2, 0.25) is 0 Å². The molecule has 44 heavy (non-hydrogen) atoms. The first kappa shape index (κ1) is 42.7. The Kier molecular flexibility index (Phi) is 29.5. The number of allylic oxidation sites excluding steroid dienone is 2. The molecular formula is C33H63O10P. The molecule has 0 rings (SSSR count). The van der Waals surface area contributed by atoms with Crippen molar-refractivity contribution in [3.8, 4) is 0 Å². The van der Waals surface area contributed by atoms with E-state index in [2.05, 4.69) is 30.5 Å². The third kappa shape index (κ3) is 29.4. The number of phosphoric acid groups is 1. The van der Waals surface area contributed by atoms with E-state index >= 15 is 0 Å². The number of hydrogen-bond acceptors (Lipinski definition) is 9. The van der Waals surface area contributed by atoms with Crippen LogP contribution in [0.4, 0.5) is 0 Å². The number of unbranched alkanes of at least 4 members (excludes halogenated alkanes) is 16. The first-order valence-electron chi connectivity index (χ1n) is 17.1. The largest absolute Gasteiger partial charge is 0.472 e. The molecule has 0 aliphatic carbocycles. The molecule has 0 aromatic heterocycles. The zero-order chi connectivity index (χ0) is 32.7. The molecule has 0 radical (unpaired) electrons. The van der Waals surface area contributed by atoms with E-state index in [9.17, 15) is 24.2 Å². The Morgan fingerprint density at radius 3 is 1.66 bits per heavy atom. The molecule has 11 heteroatoms. The average Bonchev–Trinajstić information content (AvgIpc) is 3.00. The van der Waals surface area contributed by atoms with E-state index in [1.165, 1.54) is 64.2 Å². The molecule has 0 fully saturated rings. The summed E-state index contributed by atoms with van der Waals surface area (Å²) in [7, 11) is -4.60. The van der Waals surface area contributed by atoms with Gasteiger partial charge in [0, 0.05) is 12.8 Å². The highest BCUT2D eigenvalue weighted by molar-refractivity contribution is 7.47. The topological polar surface area (TPSA) is 149 Å². The molecular weight excluding hydrogens is 587 g/mol. The van der Waals surface area contributed by atoms with Crippen molar-refractivity contribution >= 4 is 19.8 Å². The maximum absolute atomic E-state index is 12.5. The number of esters is 2. The molecule has 0 spiro atoms. The minimum atomic E-state index is -4.60. The minimum Gasteiger partial charge on any atom is -0.462 e. The molecule has 3 atom stereocenters. The fourth-order valence-corrected chi connectivity index (χ4v) is 5.25. The van der Waals surface area contributed by atoms with Crippen LogP contribution in [0.25, 0.3) is 0 Å². The maximum Gasteiger partial charge on any atom is 0.472 e. The summed E-state index contributed by atoms with van der Waals surface area (Å²) >= 11 is 0. The monoisotopic (exact) mass is 650 g/mol. The fourth-order valence-electron chi connectivity index (χ4n) is 4.46. The van der Waals surface area contributed by atoms with E-state index < -0.39 is 51.8 Å². The SMILES string of the molecule is CCCCCCCC/C=C/CCCCCC(=O)O[C@H](COC(=O)CCCCCCCCCC)COP(=O)(O)OC[C@@H](O)CO. The van der Waals surface area contributed by atoms with Crippen LogP contribution in [0.3, 0.4) is 0 Å². The minimum absolute atomic E-state index is 0.167. The second kappa shape index (κ2) is 30.4. The summed E-state index contributed by atoms with van der Waals surface area (Å²) in [6, 6.07) is 0. The van der Waals surface area contributed by atoms with Crippen LogP contribution in [-0.4, -0.2) is 65.7 Å². The van der Waals surface area contributed by atoms with Crippen LogP contribution in [0, 0.1) is 0 Å². The van der Waals surface area contributed by atoms with Gasteiger partial charge in [0.25, 0.3) is 0 Å². The second-order valence-electron chi connectivity index (χ2n) is 11.5. The average molecular weight is 651 g/mol. The third-order valence-corrected chi connectivity index (χ3v) is 8.12. The first-order valence-corrected chi connectivity index (χ1v) is 18.6. The molecule has 0 aromatic rings. The Labute approximate surface area is 266 Å². The molecule has 0 saturated heterocycles. The lowest BCUT2D eigenvalue weighted by Gasteiger charge is -2.20. The zero-order valence-corrected chi connectivity index (χ0v) is 28.5. The van der Waals surface area contributed by atoms with Crippen LogP contribution in [0.5, 0.6) is 0 Å². The Hall–Kier alpha value is -1.29. The standard InChI is InChI=1S/C33H63O10P/c1-3-5-7-9-11-13-14-15-16-17-19-21-23-25-33(37)43-31(29-42-44(38,39)41-27-30(35)26-34)28-40-32(36)24-22-20-18-12-10-8-6-4-2/h15-16,30-31,34-35H,3-14,17-29H2,1-2H3,(H,38,39)/b16-15+/t30-,31+/m0/s1. The summed E-state index contributed by atoms with van der Waals surface area (Å²) in [6.07, 6.45) is 23.5. The second-order valence-corrected chi connectivity index (χ2v) is 13.0. The quantitative estimate of drug-likeness (QED) is 0.0286. The van der Waals surface area contributed by atoms with Gasteiger partial charge in [-0.05, 0) is 38.5 Å². The number of aliphatic hydroxyl groups is 2. The van der Waals surface area contributed by atoms with E-state index in [1.807, 2.05) is 0 Å². The van der Waals surface area contributed by atoms with E-state index in [0.717, 1.165) is 44.9 Å². The van der Waals surface area contributed by atoms with Gasteiger partial charge in [0.05, 0.1) is 19.8 Å². The van der Waals surface area contributed by atoms with Crippen LogP contribution in [-0.2, 0) is 32.7 Å².